The molecule has 1 fully saturated rings. The first-order valence-corrected chi connectivity index (χ1v) is 11.4. The van der Waals surface area contributed by atoms with Crippen molar-refractivity contribution >= 4 is 34.8 Å². The van der Waals surface area contributed by atoms with Crippen LogP contribution in [0, 0.1) is 0 Å². The highest BCUT2D eigenvalue weighted by molar-refractivity contribution is 6.34. The first kappa shape index (κ1) is 21.4. The van der Waals surface area contributed by atoms with Crippen LogP contribution in [0.4, 0.5) is 0 Å². The van der Waals surface area contributed by atoms with Crippen LogP contribution in [0.15, 0.2) is 72.8 Å². The molecule has 0 radical (unpaired) electrons. The van der Waals surface area contributed by atoms with E-state index in [-0.39, 0.29) is 11.6 Å². The maximum Gasteiger partial charge on any atom is 0.196 e. The topological polar surface area (TPSA) is 40.6 Å². The fourth-order valence-corrected chi connectivity index (χ4v) is 5.31. The van der Waals surface area contributed by atoms with Crippen molar-refractivity contribution < 1.29 is 9.59 Å². The van der Waals surface area contributed by atoms with Gasteiger partial charge in [-0.15, -0.1) is 0 Å². The number of hydrogen-bond donors (Lipinski definition) is 0. The number of fused-ring (bicyclic) bond motifs is 1. The molecule has 0 N–H and O–H groups in total. The molecule has 1 aliphatic carbocycles. The summed E-state index contributed by atoms with van der Waals surface area (Å²) in [7, 11) is 0. The molecule has 2 aliphatic rings. The zero-order valence-electron chi connectivity index (χ0n) is 17.4. The second-order valence-corrected chi connectivity index (χ2v) is 9.12. The summed E-state index contributed by atoms with van der Waals surface area (Å²) in [6.45, 7) is 3.36. The lowest BCUT2D eigenvalue weighted by Crippen LogP contribution is -2.60. The molecule has 4 nitrogen and oxygen atoms in total. The molecule has 0 spiro atoms. The number of ketones is 2. The standard InChI is InChI=1S/C26H22Cl2N2O2/c27-20-8-5-7-19(16-20)26(24(31)21-9-2-3-10-22(21)25(26)32)30-14-12-29(13-15-30)17-18-6-1-4-11-23(18)28/h1-11,16H,12-15,17H2. The van der Waals surface area contributed by atoms with Crippen molar-refractivity contribution in [1.29, 1.82) is 0 Å². The minimum atomic E-state index is -1.37. The van der Waals surface area contributed by atoms with Crippen molar-refractivity contribution in [3.8, 4) is 0 Å². The number of halogens is 2. The van der Waals surface area contributed by atoms with Crippen molar-refractivity contribution in [3.05, 3.63) is 105 Å². The Morgan fingerprint density at radius 3 is 2.00 bits per heavy atom. The van der Waals surface area contributed by atoms with E-state index in [4.69, 9.17) is 23.2 Å². The Kier molecular flexibility index (Phi) is 5.64. The van der Waals surface area contributed by atoms with Gasteiger partial charge in [0.05, 0.1) is 0 Å². The van der Waals surface area contributed by atoms with Crippen molar-refractivity contribution in [3.63, 3.8) is 0 Å². The Morgan fingerprint density at radius 2 is 1.38 bits per heavy atom. The van der Waals surface area contributed by atoms with Crippen LogP contribution in [0.2, 0.25) is 10.0 Å². The minimum absolute atomic E-state index is 0.167. The minimum Gasteiger partial charge on any atom is -0.296 e. The molecule has 1 aliphatic heterocycles. The van der Waals surface area contributed by atoms with Gasteiger partial charge in [0.2, 0.25) is 0 Å². The average Bonchev–Trinajstić information content (AvgIpc) is 3.04. The van der Waals surface area contributed by atoms with Gasteiger partial charge < -0.3 is 0 Å². The Bertz CT molecular complexity index is 1170. The summed E-state index contributed by atoms with van der Waals surface area (Å²) in [5, 5.41) is 1.26. The van der Waals surface area contributed by atoms with E-state index in [1.807, 2.05) is 35.2 Å². The molecule has 1 heterocycles. The lowest BCUT2D eigenvalue weighted by Gasteiger charge is -2.44. The number of carbonyl (C=O) groups is 2. The van der Waals surface area contributed by atoms with Crippen LogP contribution in [0.5, 0.6) is 0 Å². The van der Waals surface area contributed by atoms with Gasteiger partial charge in [0, 0.05) is 53.9 Å². The van der Waals surface area contributed by atoms with E-state index in [1.54, 1.807) is 42.5 Å². The van der Waals surface area contributed by atoms with Gasteiger partial charge in [-0.25, -0.2) is 0 Å². The van der Waals surface area contributed by atoms with E-state index < -0.39 is 5.54 Å². The molecule has 0 saturated carbocycles. The van der Waals surface area contributed by atoms with Gasteiger partial charge in [0.25, 0.3) is 0 Å². The van der Waals surface area contributed by atoms with Crippen LogP contribution in [0.25, 0.3) is 0 Å². The van der Waals surface area contributed by atoms with Gasteiger partial charge in [0.15, 0.2) is 17.1 Å². The number of hydrogen-bond acceptors (Lipinski definition) is 4. The predicted molar refractivity (Wildman–Crippen MR) is 127 cm³/mol. The van der Waals surface area contributed by atoms with E-state index in [1.165, 1.54) is 0 Å². The van der Waals surface area contributed by atoms with Crippen molar-refractivity contribution in [2.45, 2.75) is 12.1 Å². The number of piperazine rings is 1. The molecule has 32 heavy (non-hydrogen) atoms. The summed E-state index contributed by atoms with van der Waals surface area (Å²) < 4.78 is 0. The molecular weight excluding hydrogens is 443 g/mol. The van der Waals surface area contributed by atoms with Crippen LogP contribution in [-0.4, -0.2) is 47.5 Å². The van der Waals surface area contributed by atoms with E-state index in [0.717, 1.165) is 30.2 Å². The van der Waals surface area contributed by atoms with Crippen molar-refractivity contribution in [2.75, 3.05) is 26.2 Å². The molecule has 3 aromatic carbocycles. The summed E-state index contributed by atoms with van der Waals surface area (Å²) in [4.78, 5) is 32.0. The van der Waals surface area contributed by atoms with E-state index in [9.17, 15) is 9.59 Å². The summed E-state index contributed by atoms with van der Waals surface area (Å²) in [5.41, 5.74) is 1.31. The molecular formula is C26H22Cl2N2O2. The van der Waals surface area contributed by atoms with Gasteiger partial charge in [-0.3, -0.25) is 19.4 Å². The fraction of sp³-hybridized carbons (Fsp3) is 0.231. The molecule has 0 bridgehead atoms. The molecule has 0 unspecified atom stereocenters. The van der Waals surface area contributed by atoms with Gasteiger partial charge >= 0.3 is 0 Å². The lowest BCUT2D eigenvalue weighted by atomic mass is 9.82. The van der Waals surface area contributed by atoms with E-state index >= 15 is 0 Å². The van der Waals surface area contributed by atoms with Crippen LogP contribution in [-0.2, 0) is 12.1 Å². The first-order chi connectivity index (χ1) is 15.5. The molecule has 0 atom stereocenters. The maximum atomic E-state index is 13.8. The largest absolute Gasteiger partial charge is 0.296 e. The quantitative estimate of drug-likeness (QED) is 0.504. The number of nitrogens with zero attached hydrogens (tertiary/aromatic N) is 2. The third-order valence-electron chi connectivity index (χ3n) is 6.51. The summed E-state index contributed by atoms with van der Waals surface area (Å²) in [5.74, 6) is -0.333. The van der Waals surface area contributed by atoms with Crippen molar-refractivity contribution in [1.82, 2.24) is 9.80 Å². The molecule has 6 heteroatoms. The normalized spacial score (nSPS) is 18.7. The average molecular weight is 465 g/mol. The zero-order chi connectivity index (χ0) is 22.3. The third-order valence-corrected chi connectivity index (χ3v) is 7.12. The Morgan fingerprint density at radius 1 is 0.750 bits per heavy atom. The Labute approximate surface area is 197 Å². The number of rotatable bonds is 4. The fourth-order valence-electron chi connectivity index (χ4n) is 4.93. The molecule has 3 aromatic rings. The maximum absolute atomic E-state index is 13.8. The second-order valence-electron chi connectivity index (χ2n) is 8.28. The first-order valence-electron chi connectivity index (χ1n) is 10.7. The molecule has 1 saturated heterocycles. The molecule has 0 amide bonds. The summed E-state index contributed by atoms with van der Waals surface area (Å²) in [6, 6.07) is 22.1. The van der Waals surface area contributed by atoms with Crippen LogP contribution >= 0.6 is 23.2 Å². The molecule has 162 valence electrons. The van der Waals surface area contributed by atoms with Crippen LogP contribution in [0.3, 0.4) is 0 Å². The van der Waals surface area contributed by atoms with Gasteiger partial charge in [0.1, 0.15) is 0 Å². The number of Topliss-reactive ketones (excluding diaryl/α,β-unsaturated/α-hetero) is 2. The number of benzene rings is 3. The van der Waals surface area contributed by atoms with E-state index in [0.29, 0.717) is 34.8 Å². The van der Waals surface area contributed by atoms with Gasteiger partial charge in [-0.1, -0.05) is 77.8 Å². The van der Waals surface area contributed by atoms with Gasteiger partial charge in [-0.2, -0.15) is 0 Å². The van der Waals surface area contributed by atoms with Crippen molar-refractivity contribution in [2.24, 2.45) is 0 Å². The summed E-state index contributed by atoms with van der Waals surface area (Å²) >= 11 is 12.6. The van der Waals surface area contributed by atoms with Crippen LogP contribution in [0.1, 0.15) is 31.8 Å². The Balaban J connectivity index is 1.48. The zero-order valence-corrected chi connectivity index (χ0v) is 18.9. The third kappa shape index (κ3) is 3.39. The smallest absolute Gasteiger partial charge is 0.196 e. The molecule has 0 aromatic heterocycles. The SMILES string of the molecule is O=C1c2ccccc2C(=O)C1(c1cccc(Cl)c1)N1CCN(Cc2ccccc2Cl)CC1. The number of carbonyl (C=O) groups excluding carboxylic acids is 2. The summed E-state index contributed by atoms with van der Waals surface area (Å²) in [6.07, 6.45) is 0. The van der Waals surface area contributed by atoms with E-state index in [2.05, 4.69) is 4.90 Å². The highest BCUT2D eigenvalue weighted by Gasteiger charge is 2.58. The predicted octanol–water partition coefficient (Wildman–Crippen LogP) is 5.09. The second kappa shape index (κ2) is 8.45. The lowest BCUT2D eigenvalue weighted by molar-refractivity contribution is 0.0279. The monoisotopic (exact) mass is 464 g/mol. The van der Waals surface area contributed by atoms with Gasteiger partial charge in [-0.05, 0) is 29.3 Å². The van der Waals surface area contributed by atoms with Crippen LogP contribution < -0.4 is 0 Å². The highest BCUT2D eigenvalue weighted by Crippen LogP contribution is 2.43. The molecule has 5 rings (SSSR count). The Hall–Kier alpha value is -2.50. The highest BCUT2D eigenvalue weighted by atomic mass is 35.5.